The number of halogens is 1. The van der Waals surface area contributed by atoms with E-state index in [0.29, 0.717) is 28.5 Å². The van der Waals surface area contributed by atoms with E-state index in [1.54, 1.807) is 24.3 Å². The third kappa shape index (κ3) is 4.29. The standard InChI is InChI=1S/C18H14ClN5O2S/c19-12-7-5-11(6-8-12)17-23-24-18(26-17)27-10-16(25)20-9-15-21-13-3-1-2-4-14(13)22-15/h1-8H,9-10H2,(H,20,25)(H,21,22). The van der Waals surface area contributed by atoms with Gasteiger partial charge < -0.3 is 14.7 Å². The quantitative estimate of drug-likeness (QED) is 0.480. The molecule has 27 heavy (non-hydrogen) atoms. The number of nitrogens with zero attached hydrogens (tertiary/aromatic N) is 3. The lowest BCUT2D eigenvalue weighted by molar-refractivity contribution is -0.118. The number of thioether (sulfide) groups is 1. The molecule has 0 bridgehead atoms. The zero-order valence-electron chi connectivity index (χ0n) is 14.0. The summed E-state index contributed by atoms with van der Waals surface area (Å²) in [5.74, 6) is 1.11. The molecule has 2 N–H and O–H groups in total. The molecule has 0 saturated carbocycles. The number of carbonyl (C=O) groups is 1. The lowest BCUT2D eigenvalue weighted by Gasteiger charge is -2.01. The zero-order valence-corrected chi connectivity index (χ0v) is 15.5. The number of H-pyrrole nitrogens is 1. The topological polar surface area (TPSA) is 96.7 Å². The minimum Gasteiger partial charge on any atom is -0.411 e. The number of benzene rings is 2. The van der Waals surface area contributed by atoms with Crippen molar-refractivity contribution in [1.29, 1.82) is 0 Å². The normalized spacial score (nSPS) is 11.0. The second-order valence-corrected chi connectivity index (χ2v) is 7.01. The van der Waals surface area contributed by atoms with Crippen LogP contribution in [0.1, 0.15) is 5.82 Å². The monoisotopic (exact) mass is 399 g/mol. The molecule has 1 amide bonds. The van der Waals surface area contributed by atoms with Crippen LogP contribution in [0.5, 0.6) is 0 Å². The summed E-state index contributed by atoms with van der Waals surface area (Å²) in [6.07, 6.45) is 0. The molecule has 0 radical (unpaired) electrons. The van der Waals surface area contributed by atoms with Gasteiger partial charge in [-0.15, -0.1) is 10.2 Å². The van der Waals surface area contributed by atoms with E-state index < -0.39 is 0 Å². The van der Waals surface area contributed by atoms with Crippen LogP contribution in [0.25, 0.3) is 22.5 Å². The Morgan fingerprint density at radius 1 is 1.15 bits per heavy atom. The van der Waals surface area contributed by atoms with Gasteiger partial charge in [0.25, 0.3) is 5.22 Å². The summed E-state index contributed by atoms with van der Waals surface area (Å²) >= 11 is 7.04. The first-order chi connectivity index (χ1) is 13.2. The molecule has 4 rings (SSSR count). The van der Waals surface area contributed by atoms with E-state index >= 15 is 0 Å². The number of nitrogens with one attached hydrogen (secondary N) is 2. The van der Waals surface area contributed by atoms with Crippen LogP contribution in [0, 0.1) is 0 Å². The highest BCUT2D eigenvalue weighted by Gasteiger charge is 2.11. The van der Waals surface area contributed by atoms with Crippen LogP contribution in [0.4, 0.5) is 0 Å². The van der Waals surface area contributed by atoms with Gasteiger partial charge >= 0.3 is 0 Å². The van der Waals surface area contributed by atoms with Gasteiger partial charge in [-0.2, -0.15) is 0 Å². The van der Waals surface area contributed by atoms with Gasteiger partial charge in [-0.25, -0.2) is 4.98 Å². The summed E-state index contributed by atoms with van der Waals surface area (Å²) in [5.41, 5.74) is 2.58. The second kappa shape index (κ2) is 7.81. The van der Waals surface area contributed by atoms with Crippen LogP contribution < -0.4 is 5.32 Å². The number of aromatic amines is 1. The summed E-state index contributed by atoms with van der Waals surface area (Å²) in [6.45, 7) is 0.327. The molecule has 0 saturated heterocycles. The highest BCUT2D eigenvalue weighted by atomic mass is 35.5. The molecular weight excluding hydrogens is 386 g/mol. The van der Waals surface area contributed by atoms with Gasteiger partial charge in [0.2, 0.25) is 11.8 Å². The van der Waals surface area contributed by atoms with Gasteiger partial charge in [0.15, 0.2) is 0 Å². The second-order valence-electron chi connectivity index (χ2n) is 5.65. The van der Waals surface area contributed by atoms with Crippen LogP contribution in [0.3, 0.4) is 0 Å². The molecule has 7 nitrogen and oxygen atoms in total. The van der Waals surface area contributed by atoms with E-state index in [4.69, 9.17) is 16.0 Å². The number of para-hydroxylation sites is 2. The van der Waals surface area contributed by atoms with Crippen LogP contribution in [-0.4, -0.2) is 31.8 Å². The summed E-state index contributed by atoms with van der Waals surface area (Å²) < 4.78 is 5.56. The molecule has 4 aromatic rings. The number of amides is 1. The van der Waals surface area contributed by atoms with Gasteiger partial charge in [0.1, 0.15) is 5.82 Å². The molecule has 9 heteroatoms. The molecule has 136 valence electrons. The Kier molecular flexibility index (Phi) is 5.08. The molecule has 0 spiro atoms. The number of hydrogen-bond donors (Lipinski definition) is 2. The number of imidazole rings is 1. The van der Waals surface area contributed by atoms with Crippen molar-refractivity contribution in [2.45, 2.75) is 11.8 Å². The van der Waals surface area contributed by atoms with Crippen molar-refractivity contribution >= 4 is 40.3 Å². The van der Waals surface area contributed by atoms with Crippen molar-refractivity contribution in [2.24, 2.45) is 0 Å². The van der Waals surface area contributed by atoms with E-state index in [1.807, 2.05) is 24.3 Å². The Morgan fingerprint density at radius 3 is 2.78 bits per heavy atom. The summed E-state index contributed by atoms with van der Waals surface area (Å²) in [7, 11) is 0. The van der Waals surface area contributed by atoms with Crippen molar-refractivity contribution in [3.8, 4) is 11.5 Å². The molecule has 0 aliphatic heterocycles. The Hall–Kier alpha value is -2.84. The minimum absolute atomic E-state index is 0.147. The molecule has 0 fully saturated rings. The van der Waals surface area contributed by atoms with Crippen molar-refractivity contribution in [1.82, 2.24) is 25.5 Å². The first kappa shape index (κ1) is 17.6. The Bertz CT molecular complexity index is 1040. The lowest BCUT2D eigenvalue weighted by Crippen LogP contribution is -2.25. The van der Waals surface area contributed by atoms with Crippen molar-refractivity contribution in [3.63, 3.8) is 0 Å². The van der Waals surface area contributed by atoms with Crippen LogP contribution in [-0.2, 0) is 11.3 Å². The SMILES string of the molecule is O=C(CSc1nnc(-c2ccc(Cl)cc2)o1)NCc1nc2ccccc2[nH]1. The fourth-order valence-electron chi connectivity index (χ4n) is 2.43. The molecule has 0 aliphatic rings. The molecule has 0 aliphatic carbocycles. The predicted octanol–water partition coefficient (Wildman–Crippen LogP) is 3.67. The van der Waals surface area contributed by atoms with Crippen molar-refractivity contribution in [3.05, 3.63) is 59.4 Å². The highest BCUT2D eigenvalue weighted by molar-refractivity contribution is 7.99. The van der Waals surface area contributed by atoms with E-state index in [0.717, 1.165) is 16.6 Å². The van der Waals surface area contributed by atoms with Crippen LogP contribution in [0.15, 0.2) is 58.2 Å². The highest BCUT2D eigenvalue weighted by Crippen LogP contribution is 2.24. The summed E-state index contributed by atoms with van der Waals surface area (Å²) in [5, 5.41) is 11.7. The van der Waals surface area contributed by atoms with Gasteiger partial charge in [0.05, 0.1) is 23.3 Å². The summed E-state index contributed by atoms with van der Waals surface area (Å²) in [6, 6.07) is 14.8. The predicted molar refractivity (Wildman–Crippen MR) is 103 cm³/mol. The molecule has 2 heterocycles. The smallest absolute Gasteiger partial charge is 0.277 e. The Morgan fingerprint density at radius 2 is 1.96 bits per heavy atom. The number of fused-ring (bicyclic) bond motifs is 1. The van der Waals surface area contributed by atoms with Crippen LogP contribution in [0.2, 0.25) is 5.02 Å². The minimum atomic E-state index is -0.147. The van der Waals surface area contributed by atoms with Crippen molar-refractivity contribution < 1.29 is 9.21 Å². The number of carbonyl (C=O) groups excluding carboxylic acids is 1. The third-order valence-electron chi connectivity index (χ3n) is 3.72. The molecule has 2 aromatic heterocycles. The third-order valence-corrected chi connectivity index (χ3v) is 4.79. The Balaban J connectivity index is 1.29. The Labute approximate surface area is 163 Å². The zero-order chi connectivity index (χ0) is 18.6. The first-order valence-electron chi connectivity index (χ1n) is 8.10. The van der Waals surface area contributed by atoms with E-state index in [9.17, 15) is 4.79 Å². The maximum absolute atomic E-state index is 12.0. The molecule has 0 atom stereocenters. The van der Waals surface area contributed by atoms with E-state index in [1.165, 1.54) is 11.8 Å². The number of rotatable bonds is 6. The summed E-state index contributed by atoms with van der Waals surface area (Å²) in [4.78, 5) is 19.6. The average molecular weight is 400 g/mol. The maximum Gasteiger partial charge on any atom is 0.277 e. The fraction of sp³-hybridized carbons (Fsp3) is 0.111. The van der Waals surface area contributed by atoms with E-state index in [-0.39, 0.29) is 11.7 Å². The van der Waals surface area contributed by atoms with Crippen LogP contribution >= 0.6 is 23.4 Å². The van der Waals surface area contributed by atoms with Gasteiger partial charge in [0, 0.05) is 10.6 Å². The first-order valence-corrected chi connectivity index (χ1v) is 9.46. The van der Waals surface area contributed by atoms with Gasteiger partial charge in [-0.3, -0.25) is 4.79 Å². The van der Waals surface area contributed by atoms with Gasteiger partial charge in [-0.05, 0) is 36.4 Å². The number of aromatic nitrogens is 4. The molecular formula is C18H14ClN5O2S. The number of hydrogen-bond acceptors (Lipinski definition) is 6. The lowest BCUT2D eigenvalue weighted by atomic mass is 10.2. The van der Waals surface area contributed by atoms with E-state index in [2.05, 4.69) is 25.5 Å². The van der Waals surface area contributed by atoms with Gasteiger partial charge in [-0.1, -0.05) is 35.5 Å². The molecule has 2 aromatic carbocycles. The largest absolute Gasteiger partial charge is 0.411 e. The molecule has 0 unspecified atom stereocenters. The maximum atomic E-state index is 12.0. The van der Waals surface area contributed by atoms with Crippen molar-refractivity contribution in [2.75, 3.05) is 5.75 Å². The fourth-order valence-corrected chi connectivity index (χ4v) is 3.15. The average Bonchev–Trinajstić information content (AvgIpc) is 3.32.